The van der Waals surface area contributed by atoms with E-state index in [0.717, 1.165) is 49.2 Å². The van der Waals surface area contributed by atoms with Crippen LogP contribution in [0.15, 0.2) is 15.5 Å². The number of nitrogens with one attached hydrogen (secondary N) is 2. The fourth-order valence-corrected chi connectivity index (χ4v) is 3.13. The monoisotopic (exact) mass is 321 g/mol. The summed E-state index contributed by atoms with van der Waals surface area (Å²) in [5.41, 5.74) is 1.53. The van der Waals surface area contributed by atoms with Crippen molar-refractivity contribution in [3.05, 3.63) is 23.2 Å². The lowest BCUT2D eigenvalue weighted by molar-refractivity contribution is 0.0732. The van der Waals surface area contributed by atoms with Crippen molar-refractivity contribution in [2.75, 3.05) is 26.8 Å². The molecular formula is C18H31N3O2. The van der Waals surface area contributed by atoms with Crippen molar-refractivity contribution in [3.63, 3.8) is 0 Å². The molecule has 5 heteroatoms. The van der Waals surface area contributed by atoms with Crippen LogP contribution in [-0.2, 0) is 11.3 Å². The fourth-order valence-electron chi connectivity index (χ4n) is 3.13. The van der Waals surface area contributed by atoms with Gasteiger partial charge in [-0.05, 0) is 51.5 Å². The second-order valence-electron chi connectivity index (χ2n) is 6.58. The first-order valence-corrected chi connectivity index (χ1v) is 8.65. The molecule has 0 aliphatic heterocycles. The van der Waals surface area contributed by atoms with Crippen LogP contribution in [0.25, 0.3) is 0 Å². The van der Waals surface area contributed by atoms with Crippen molar-refractivity contribution in [1.82, 2.24) is 10.6 Å². The number of hydrogen-bond donors (Lipinski definition) is 2. The van der Waals surface area contributed by atoms with Gasteiger partial charge in [0.05, 0.1) is 6.54 Å². The first-order valence-electron chi connectivity index (χ1n) is 8.65. The molecule has 2 rings (SSSR count). The molecule has 130 valence electrons. The molecule has 23 heavy (non-hydrogen) atoms. The van der Waals surface area contributed by atoms with E-state index in [0.29, 0.717) is 12.0 Å². The Labute approximate surface area is 139 Å². The van der Waals surface area contributed by atoms with Crippen LogP contribution in [0.1, 0.15) is 49.7 Å². The molecule has 0 radical (unpaired) electrons. The molecule has 1 fully saturated rings. The number of aryl methyl sites for hydroxylation is 2. The number of methoxy groups -OCH3 is 1. The molecule has 1 aromatic rings. The highest BCUT2D eigenvalue weighted by molar-refractivity contribution is 5.79. The van der Waals surface area contributed by atoms with Crippen molar-refractivity contribution >= 4 is 5.96 Å². The van der Waals surface area contributed by atoms with Crippen molar-refractivity contribution < 1.29 is 9.15 Å². The van der Waals surface area contributed by atoms with E-state index in [-0.39, 0.29) is 0 Å². The van der Waals surface area contributed by atoms with E-state index in [2.05, 4.69) is 23.6 Å². The molecule has 0 unspecified atom stereocenters. The second kappa shape index (κ2) is 8.39. The van der Waals surface area contributed by atoms with E-state index >= 15 is 0 Å². The van der Waals surface area contributed by atoms with Gasteiger partial charge < -0.3 is 19.8 Å². The third-order valence-electron chi connectivity index (χ3n) is 4.78. The molecule has 5 nitrogen and oxygen atoms in total. The van der Waals surface area contributed by atoms with Gasteiger partial charge in [-0.2, -0.15) is 0 Å². The lowest BCUT2D eigenvalue weighted by Crippen LogP contribution is -2.46. The maximum atomic E-state index is 5.57. The molecule has 0 atom stereocenters. The normalized spacial score (nSPS) is 17.0. The molecular weight excluding hydrogens is 290 g/mol. The van der Waals surface area contributed by atoms with Gasteiger partial charge in [0, 0.05) is 32.4 Å². The van der Waals surface area contributed by atoms with Crippen LogP contribution in [0.5, 0.6) is 0 Å². The summed E-state index contributed by atoms with van der Waals surface area (Å²) < 4.78 is 10.8. The minimum Gasteiger partial charge on any atom is -0.466 e. The van der Waals surface area contributed by atoms with Gasteiger partial charge in [-0.3, -0.25) is 0 Å². The maximum Gasteiger partial charge on any atom is 0.191 e. The lowest BCUT2D eigenvalue weighted by Gasteiger charge is -2.42. The molecule has 0 amide bonds. The van der Waals surface area contributed by atoms with Gasteiger partial charge in [0.1, 0.15) is 11.5 Å². The smallest absolute Gasteiger partial charge is 0.191 e. The Bertz CT molecular complexity index is 518. The third kappa shape index (κ3) is 4.99. The average molecular weight is 321 g/mol. The van der Waals surface area contributed by atoms with Crippen LogP contribution in [-0.4, -0.2) is 32.8 Å². The Morgan fingerprint density at radius 1 is 1.35 bits per heavy atom. The van der Waals surface area contributed by atoms with Crippen molar-refractivity contribution in [1.29, 1.82) is 0 Å². The fraction of sp³-hybridized carbons (Fsp3) is 0.722. The van der Waals surface area contributed by atoms with E-state index < -0.39 is 0 Å². The summed E-state index contributed by atoms with van der Waals surface area (Å²) in [5, 5.41) is 6.85. The Hall–Kier alpha value is -1.49. The van der Waals surface area contributed by atoms with Gasteiger partial charge in [-0.1, -0.05) is 6.42 Å². The van der Waals surface area contributed by atoms with Crippen molar-refractivity contribution in [3.8, 4) is 0 Å². The van der Waals surface area contributed by atoms with E-state index in [4.69, 9.17) is 14.1 Å². The van der Waals surface area contributed by atoms with E-state index in [1.165, 1.54) is 19.3 Å². The Morgan fingerprint density at radius 2 is 2.13 bits per heavy atom. The molecule has 0 aromatic carbocycles. The van der Waals surface area contributed by atoms with Crippen LogP contribution in [0, 0.1) is 19.3 Å². The quantitative estimate of drug-likeness (QED) is 0.570. The van der Waals surface area contributed by atoms with Crippen LogP contribution in [0.3, 0.4) is 0 Å². The summed E-state index contributed by atoms with van der Waals surface area (Å²) in [6, 6.07) is 2.06. The number of aliphatic imine (C=N–C) groups is 1. The molecule has 0 saturated heterocycles. The van der Waals surface area contributed by atoms with Gasteiger partial charge in [0.25, 0.3) is 0 Å². The van der Waals surface area contributed by atoms with E-state index in [9.17, 15) is 0 Å². The third-order valence-corrected chi connectivity index (χ3v) is 4.78. The summed E-state index contributed by atoms with van der Waals surface area (Å²) in [6.07, 6.45) is 5.01. The van der Waals surface area contributed by atoms with Gasteiger partial charge in [0.2, 0.25) is 0 Å². The van der Waals surface area contributed by atoms with Crippen molar-refractivity contribution in [2.45, 2.75) is 53.0 Å². The number of rotatable bonds is 8. The lowest BCUT2D eigenvalue weighted by atomic mass is 9.67. The molecule has 1 heterocycles. The molecule has 1 aromatic heterocycles. The van der Waals surface area contributed by atoms with Crippen LogP contribution < -0.4 is 10.6 Å². The van der Waals surface area contributed by atoms with Gasteiger partial charge in [0.15, 0.2) is 5.96 Å². The molecule has 1 aliphatic carbocycles. The highest BCUT2D eigenvalue weighted by atomic mass is 16.5. The zero-order chi connectivity index (χ0) is 16.7. The molecule has 1 saturated carbocycles. The number of furan rings is 1. The predicted octanol–water partition coefficient (Wildman–Crippen LogP) is 3.16. The minimum absolute atomic E-state index is 0.383. The Kier molecular flexibility index (Phi) is 6.51. The first-order chi connectivity index (χ1) is 11.1. The molecule has 0 bridgehead atoms. The predicted molar refractivity (Wildman–Crippen MR) is 93.8 cm³/mol. The highest BCUT2D eigenvalue weighted by Crippen LogP contribution is 2.43. The van der Waals surface area contributed by atoms with Crippen LogP contribution >= 0.6 is 0 Å². The number of guanidine groups is 1. The van der Waals surface area contributed by atoms with Crippen LogP contribution in [0.2, 0.25) is 0 Å². The van der Waals surface area contributed by atoms with Crippen molar-refractivity contribution in [2.24, 2.45) is 10.4 Å². The minimum atomic E-state index is 0.383. The standard InChI is InChI=1S/C18H31N3O2/c1-5-19-17(20-12-16-11-14(2)23-15(16)3)21-13-18(7-6-8-18)9-10-22-4/h11H,5-10,12-13H2,1-4H3,(H2,19,20,21). The van der Waals surface area contributed by atoms with Gasteiger partial charge >= 0.3 is 0 Å². The largest absolute Gasteiger partial charge is 0.466 e. The number of hydrogen-bond acceptors (Lipinski definition) is 3. The summed E-state index contributed by atoms with van der Waals surface area (Å²) in [5.74, 6) is 2.78. The summed E-state index contributed by atoms with van der Waals surface area (Å²) >= 11 is 0. The summed E-state index contributed by atoms with van der Waals surface area (Å²) in [6.45, 7) is 9.36. The van der Waals surface area contributed by atoms with Gasteiger partial charge in [-0.25, -0.2) is 4.99 Å². The summed E-state index contributed by atoms with van der Waals surface area (Å²) in [4.78, 5) is 4.70. The van der Waals surface area contributed by atoms with Crippen LogP contribution in [0.4, 0.5) is 0 Å². The number of nitrogens with zero attached hydrogens (tertiary/aromatic N) is 1. The zero-order valence-corrected chi connectivity index (χ0v) is 15.0. The first kappa shape index (κ1) is 17.9. The molecule has 1 aliphatic rings. The Balaban J connectivity index is 1.92. The highest BCUT2D eigenvalue weighted by Gasteiger charge is 2.36. The van der Waals surface area contributed by atoms with Gasteiger partial charge in [-0.15, -0.1) is 0 Å². The zero-order valence-electron chi connectivity index (χ0n) is 15.0. The topological polar surface area (TPSA) is 58.8 Å². The SMILES string of the molecule is CCNC(=NCc1cc(C)oc1C)NCC1(CCOC)CCC1. The molecule has 0 spiro atoms. The summed E-state index contributed by atoms with van der Waals surface area (Å²) in [7, 11) is 1.78. The number of ether oxygens (including phenoxy) is 1. The maximum absolute atomic E-state index is 5.57. The van der Waals surface area contributed by atoms with E-state index in [1.807, 2.05) is 13.8 Å². The molecule has 2 N–H and O–H groups in total. The second-order valence-corrected chi connectivity index (χ2v) is 6.58. The Morgan fingerprint density at radius 3 is 2.65 bits per heavy atom. The van der Waals surface area contributed by atoms with E-state index in [1.54, 1.807) is 7.11 Å². The average Bonchev–Trinajstić information content (AvgIpc) is 2.81.